The van der Waals surface area contributed by atoms with Gasteiger partial charge in [-0.3, -0.25) is 14.4 Å². The molecule has 0 aromatic heterocycles. The third-order valence-electron chi connectivity index (χ3n) is 6.48. The van der Waals surface area contributed by atoms with Gasteiger partial charge in [0.15, 0.2) is 0 Å². The molecule has 8 nitrogen and oxygen atoms in total. The van der Waals surface area contributed by atoms with Gasteiger partial charge in [0.05, 0.1) is 5.56 Å². The van der Waals surface area contributed by atoms with Crippen molar-refractivity contribution in [1.29, 1.82) is 0 Å². The largest absolute Gasteiger partial charge is 0.354 e. The number of amides is 3. The first-order valence-electron chi connectivity index (χ1n) is 12.5. The van der Waals surface area contributed by atoms with Crippen LogP contribution in [0.2, 0.25) is 0 Å². The van der Waals surface area contributed by atoms with Crippen molar-refractivity contribution in [3.8, 4) is 0 Å². The highest BCUT2D eigenvalue weighted by Gasteiger charge is 2.40. The molecule has 1 aliphatic heterocycles. The maximum Gasteiger partial charge on any atom is 0.269 e. The Morgan fingerprint density at radius 2 is 1.72 bits per heavy atom. The van der Waals surface area contributed by atoms with Gasteiger partial charge in [0, 0.05) is 26.1 Å². The van der Waals surface area contributed by atoms with Crippen molar-refractivity contribution in [2.75, 3.05) is 13.1 Å². The molecule has 1 aliphatic rings. The average Bonchev–Trinajstić information content (AvgIpc) is 3.05. The lowest BCUT2D eigenvalue weighted by Gasteiger charge is -2.31. The van der Waals surface area contributed by atoms with Gasteiger partial charge in [0.25, 0.3) is 15.9 Å². The molecule has 0 spiro atoms. The first-order valence-corrected chi connectivity index (χ1v) is 13.9. The SMILES string of the molecule is CCCCNC(=O)C(CC)N(Cc1ccccc1C)C(=O)CCCN1C(=O)c2ccccc2S1(=O)=O. The summed E-state index contributed by atoms with van der Waals surface area (Å²) in [5.74, 6) is -1.02. The van der Waals surface area contributed by atoms with E-state index in [-0.39, 0.29) is 48.2 Å². The fourth-order valence-electron chi connectivity index (χ4n) is 4.37. The van der Waals surface area contributed by atoms with Crippen molar-refractivity contribution in [2.24, 2.45) is 0 Å². The van der Waals surface area contributed by atoms with Gasteiger partial charge in [-0.05, 0) is 49.4 Å². The molecule has 0 fully saturated rings. The molecule has 1 heterocycles. The minimum atomic E-state index is -3.92. The summed E-state index contributed by atoms with van der Waals surface area (Å²) < 4.78 is 26.5. The van der Waals surface area contributed by atoms with Crippen LogP contribution in [-0.2, 0) is 26.2 Å². The number of hydrogen-bond acceptors (Lipinski definition) is 5. The Balaban J connectivity index is 1.74. The summed E-state index contributed by atoms with van der Waals surface area (Å²) in [5.41, 5.74) is 2.11. The maximum atomic E-state index is 13.4. The zero-order valence-corrected chi connectivity index (χ0v) is 22.0. The Bertz CT molecular complexity index is 1210. The molecule has 36 heavy (non-hydrogen) atoms. The van der Waals surface area contributed by atoms with Gasteiger partial charge in [0.2, 0.25) is 11.8 Å². The van der Waals surface area contributed by atoms with E-state index >= 15 is 0 Å². The van der Waals surface area contributed by atoms with Crippen LogP contribution in [0.5, 0.6) is 0 Å². The number of nitrogens with one attached hydrogen (secondary N) is 1. The lowest BCUT2D eigenvalue weighted by molar-refractivity contribution is -0.141. The van der Waals surface area contributed by atoms with Crippen LogP contribution in [0.15, 0.2) is 53.4 Å². The highest BCUT2D eigenvalue weighted by atomic mass is 32.2. The summed E-state index contributed by atoms with van der Waals surface area (Å²) in [6, 6.07) is 13.2. The molecular formula is C27H35N3O5S. The highest BCUT2D eigenvalue weighted by Crippen LogP contribution is 2.30. The molecule has 1 N–H and O–H groups in total. The van der Waals surface area contributed by atoms with Crippen molar-refractivity contribution in [1.82, 2.24) is 14.5 Å². The normalized spacial score (nSPS) is 14.9. The molecule has 0 saturated heterocycles. The molecule has 0 radical (unpaired) electrons. The first kappa shape index (κ1) is 27.4. The number of nitrogens with zero attached hydrogens (tertiary/aromatic N) is 2. The standard InChI is InChI=1S/C27H35N3O5S/c1-4-6-17-28-26(32)23(5-2)29(19-21-13-8-7-12-20(21)3)25(31)16-11-18-30-27(33)22-14-9-10-15-24(22)36(30,34)35/h7-10,12-15,23H,4-6,11,16-19H2,1-3H3,(H,28,32). The summed E-state index contributed by atoms with van der Waals surface area (Å²) in [4.78, 5) is 40.6. The molecule has 9 heteroatoms. The number of rotatable bonds is 12. The van der Waals surface area contributed by atoms with E-state index in [4.69, 9.17) is 0 Å². The third kappa shape index (κ3) is 5.95. The Kier molecular flexibility index (Phi) is 9.25. The summed E-state index contributed by atoms with van der Waals surface area (Å²) >= 11 is 0. The van der Waals surface area contributed by atoms with Crippen LogP contribution in [0.4, 0.5) is 0 Å². The second-order valence-corrected chi connectivity index (χ2v) is 10.8. The number of fused-ring (bicyclic) bond motifs is 1. The number of carbonyl (C=O) groups is 3. The van der Waals surface area contributed by atoms with E-state index in [0.717, 1.165) is 28.3 Å². The topological polar surface area (TPSA) is 104 Å². The fraction of sp³-hybridized carbons (Fsp3) is 0.444. The smallest absolute Gasteiger partial charge is 0.269 e. The van der Waals surface area contributed by atoms with Gasteiger partial charge in [-0.15, -0.1) is 0 Å². The molecule has 1 unspecified atom stereocenters. The van der Waals surface area contributed by atoms with Crippen LogP contribution in [0.3, 0.4) is 0 Å². The number of aryl methyl sites for hydroxylation is 1. The molecular weight excluding hydrogens is 478 g/mol. The number of sulfonamides is 1. The molecule has 1 atom stereocenters. The number of hydrogen-bond donors (Lipinski definition) is 1. The monoisotopic (exact) mass is 513 g/mol. The van der Waals surface area contributed by atoms with Gasteiger partial charge >= 0.3 is 0 Å². The van der Waals surface area contributed by atoms with Gasteiger partial charge in [-0.1, -0.05) is 56.7 Å². The van der Waals surface area contributed by atoms with E-state index in [2.05, 4.69) is 5.32 Å². The van der Waals surface area contributed by atoms with Crippen LogP contribution in [-0.4, -0.2) is 54.5 Å². The predicted molar refractivity (Wildman–Crippen MR) is 138 cm³/mol. The second kappa shape index (κ2) is 12.2. The van der Waals surface area contributed by atoms with Crippen molar-refractivity contribution >= 4 is 27.7 Å². The molecule has 194 valence electrons. The summed E-state index contributed by atoms with van der Waals surface area (Å²) in [7, 11) is -3.92. The van der Waals surface area contributed by atoms with Crippen LogP contribution in [0.1, 0.15) is 67.4 Å². The number of carbonyl (C=O) groups excluding carboxylic acids is 3. The van der Waals surface area contributed by atoms with Crippen molar-refractivity contribution in [2.45, 2.75) is 70.4 Å². The molecule has 3 amide bonds. The minimum absolute atomic E-state index is 0.00250. The van der Waals surface area contributed by atoms with Crippen LogP contribution in [0.25, 0.3) is 0 Å². The lowest BCUT2D eigenvalue weighted by atomic mass is 10.1. The Labute approximate surface area is 213 Å². The number of unbranched alkanes of at least 4 members (excludes halogenated alkanes) is 1. The average molecular weight is 514 g/mol. The third-order valence-corrected chi connectivity index (χ3v) is 8.32. The maximum absolute atomic E-state index is 13.4. The molecule has 0 saturated carbocycles. The van der Waals surface area contributed by atoms with Crippen LogP contribution >= 0.6 is 0 Å². The fourth-order valence-corrected chi connectivity index (χ4v) is 5.97. The van der Waals surface area contributed by atoms with E-state index in [0.29, 0.717) is 13.0 Å². The van der Waals surface area contributed by atoms with Crippen molar-refractivity contribution < 1.29 is 22.8 Å². The van der Waals surface area contributed by atoms with E-state index in [1.54, 1.807) is 17.0 Å². The lowest BCUT2D eigenvalue weighted by Crippen LogP contribution is -2.49. The summed E-state index contributed by atoms with van der Waals surface area (Å²) in [5, 5.41) is 2.93. The van der Waals surface area contributed by atoms with Gasteiger partial charge in [0.1, 0.15) is 10.9 Å². The highest BCUT2D eigenvalue weighted by molar-refractivity contribution is 7.90. The quantitative estimate of drug-likeness (QED) is 0.437. The Hall–Kier alpha value is -3.20. The van der Waals surface area contributed by atoms with Gasteiger partial charge in [-0.2, -0.15) is 0 Å². The summed E-state index contributed by atoms with van der Waals surface area (Å²) in [6.45, 7) is 6.60. The van der Waals surface area contributed by atoms with Gasteiger partial charge < -0.3 is 10.2 Å². The van der Waals surface area contributed by atoms with Crippen molar-refractivity contribution in [3.05, 3.63) is 65.2 Å². The van der Waals surface area contributed by atoms with Crippen LogP contribution < -0.4 is 5.32 Å². The van der Waals surface area contributed by atoms with E-state index in [1.165, 1.54) is 12.1 Å². The molecule has 2 aromatic rings. The van der Waals surface area contributed by atoms with Gasteiger partial charge in [-0.25, -0.2) is 12.7 Å². The molecule has 3 rings (SSSR count). The molecule has 0 bridgehead atoms. The molecule has 2 aromatic carbocycles. The Morgan fingerprint density at radius 1 is 1.03 bits per heavy atom. The van der Waals surface area contributed by atoms with E-state index in [9.17, 15) is 22.8 Å². The second-order valence-electron chi connectivity index (χ2n) is 9.00. The minimum Gasteiger partial charge on any atom is -0.354 e. The predicted octanol–water partition coefficient (Wildman–Crippen LogP) is 3.64. The van der Waals surface area contributed by atoms with Crippen molar-refractivity contribution in [3.63, 3.8) is 0 Å². The molecule has 0 aliphatic carbocycles. The van der Waals surface area contributed by atoms with E-state index in [1.807, 2.05) is 45.0 Å². The Morgan fingerprint density at radius 3 is 2.39 bits per heavy atom. The van der Waals surface area contributed by atoms with Crippen LogP contribution in [0, 0.1) is 6.92 Å². The first-order chi connectivity index (χ1) is 17.2. The zero-order chi connectivity index (χ0) is 26.3. The summed E-state index contributed by atoms with van der Waals surface area (Å²) in [6.07, 6.45) is 2.43. The zero-order valence-electron chi connectivity index (χ0n) is 21.2. The number of benzene rings is 2. The van der Waals surface area contributed by atoms with E-state index < -0.39 is 22.0 Å².